The lowest BCUT2D eigenvalue weighted by Gasteiger charge is -2.12. The van der Waals surface area contributed by atoms with Crippen molar-refractivity contribution in [2.24, 2.45) is 0 Å². The molecule has 0 fully saturated rings. The Morgan fingerprint density at radius 3 is 2.75 bits per heavy atom. The molecule has 0 radical (unpaired) electrons. The molecule has 0 spiro atoms. The summed E-state index contributed by atoms with van der Waals surface area (Å²) in [5.74, 6) is -0.120. The highest BCUT2D eigenvalue weighted by Crippen LogP contribution is 2.17. The van der Waals surface area contributed by atoms with Crippen molar-refractivity contribution in [2.75, 3.05) is 0 Å². The second kappa shape index (κ2) is 5.61. The maximum absolute atomic E-state index is 11.9. The molecule has 4 nitrogen and oxygen atoms in total. The van der Waals surface area contributed by atoms with E-state index in [-0.39, 0.29) is 11.9 Å². The van der Waals surface area contributed by atoms with Gasteiger partial charge >= 0.3 is 0 Å². The number of aromatic nitrogens is 1. The lowest BCUT2D eigenvalue weighted by atomic mass is 10.1. The molecule has 1 atom stereocenters. The van der Waals surface area contributed by atoms with Gasteiger partial charge in [-0.05, 0) is 20.3 Å². The van der Waals surface area contributed by atoms with E-state index in [1.54, 1.807) is 0 Å². The van der Waals surface area contributed by atoms with Gasteiger partial charge in [0, 0.05) is 6.04 Å². The van der Waals surface area contributed by atoms with Crippen LogP contribution in [0.4, 0.5) is 0 Å². The minimum atomic E-state index is -0.120. The Kier molecular flexibility index (Phi) is 4.44. The van der Waals surface area contributed by atoms with Crippen molar-refractivity contribution in [2.45, 2.75) is 39.7 Å². The molecule has 1 aromatic heterocycles. The van der Waals surface area contributed by atoms with Crippen LogP contribution in [0, 0.1) is 25.2 Å². The fourth-order valence-electron chi connectivity index (χ4n) is 1.40. The number of carbonyl (C=O) groups is 1. The lowest BCUT2D eigenvalue weighted by Crippen LogP contribution is -2.33. The first kappa shape index (κ1) is 12.7. The molecule has 1 unspecified atom stereocenters. The quantitative estimate of drug-likeness (QED) is 0.872. The third-order valence-corrected chi connectivity index (χ3v) is 3.35. The molecular formula is C11H15N3OS. The van der Waals surface area contributed by atoms with E-state index in [1.165, 1.54) is 11.3 Å². The number of hydrogen-bond acceptors (Lipinski definition) is 4. The van der Waals surface area contributed by atoms with Crippen molar-refractivity contribution in [3.8, 4) is 6.07 Å². The Morgan fingerprint density at radius 2 is 2.31 bits per heavy atom. The minimum Gasteiger partial charge on any atom is -0.348 e. The number of rotatable bonds is 4. The largest absolute Gasteiger partial charge is 0.348 e. The number of thiazole rings is 1. The van der Waals surface area contributed by atoms with Crippen LogP contribution >= 0.6 is 11.3 Å². The maximum atomic E-state index is 11.9. The Morgan fingerprint density at radius 1 is 1.62 bits per heavy atom. The van der Waals surface area contributed by atoms with Gasteiger partial charge in [-0.3, -0.25) is 4.79 Å². The first-order valence-electron chi connectivity index (χ1n) is 5.20. The summed E-state index contributed by atoms with van der Waals surface area (Å²) in [7, 11) is 0. The topological polar surface area (TPSA) is 65.8 Å². The van der Waals surface area contributed by atoms with Gasteiger partial charge in [-0.15, -0.1) is 11.3 Å². The summed E-state index contributed by atoms with van der Waals surface area (Å²) < 4.78 is 0. The summed E-state index contributed by atoms with van der Waals surface area (Å²) in [6, 6.07) is 2.00. The summed E-state index contributed by atoms with van der Waals surface area (Å²) in [5.41, 5.74) is 0.756. The van der Waals surface area contributed by atoms with Crippen LogP contribution in [-0.2, 0) is 0 Å². The van der Waals surface area contributed by atoms with Gasteiger partial charge in [-0.1, -0.05) is 6.92 Å². The standard InChI is InChI=1S/C11H15N3OS/c1-4-9(5-6-12)14-11(15)10-7(2)13-8(3)16-10/h9H,4-5H2,1-3H3,(H,14,15). The molecule has 0 saturated carbocycles. The van der Waals surface area contributed by atoms with Crippen LogP contribution in [0.1, 0.15) is 40.1 Å². The maximum Gasteiger partial charge on any atom is 0.263 e. The lowest BCUT2D eigenvalue weighted by molar-refractivity contribution is 0.0940. The molecule has 86 valence electrons. The van der Waals surface area contributed by atoms with Gasteiger partial charge in [0.05, 0.1) is 23.2 Å². The van der Waals surface area contributed by atoms with E-state index in [4.69, 9.17) is 5.26 Å². The molecule has 1 N–H and O–H groups in total. The molecule has 0 aliphatic heterocycles. The fourth-order valence-corrected chi connectivity index (χ4v) is 2.22. The Labute approximate surface area is 99.3 Å². The zero-order chi connectivity index (χ0) is 12.1. The zero-order valence-corrected chi connectivity index (χ0v) is 10.5. The minimum absolute atomic E-state index is 0.0701. The molecule has 0 aliphatic rings. The van der Waals surface area contributed by atoms with Crippen molar-refractivity contribution >= 4 is 17.2 Å². The molecule has 0 aromatic carbocycles. The normalized spacial score (nSPS) is 11.9. The predicted octanol–water partition coefficient (Wildman–Crippen LogP) is 2.18. The van der Waals surface area contributed by atoms with Crippen LogP contribution in [0.15, 0.2) is 0 Å². The van der Waals surface area contributed by atoms with Crippen molar-refractivity contribution in [3.05, 3.63) is 15.6 Å². The van der Waals surface area contributed by atoms with E-state index in [0.717, 1.165) is 17.1 Å². The molecule has 1 heterocycles. The molecule has 0 saturated heterocycles. The third kappa shape index (κ3) is 3.04. The zero-order valence-electron chi connectivity index (χ0n) is 9.70. The fraction of sp³-hybridized carbons (Fsp3) is 0.545. The van der Waals surface area contributed by atoms with Crippen LogP contribution in [0.3, 0.4) is 0 Å². The number of hydrogen-bond donors (Lipinski definition) is 1. The third-order valence-electron chi connectivity index (χ3n) is 2.28. The first-order chi connectivity index (χ1) is 7.58. The van der Waals surface area contributed by atoms with Gasteiger partial charge in [-0.2, -0.15) is 5.26 Å². The van der Waals surface area contributed by atoms with Crippen molar-refractivity contribution < 1.29 is 4.79 Å². The highest BCUT2D eigenvalue weighted by Gasteiger charge is 2.16. The number of carbonyl (C=O) groups excluding carboxylic acids is 1. The van der Waals surface area contributed by atoms with Gasteiger partial charge in [0.25, 0.3) is 5.91 Å². The van der Waals surface area contributed by atoms with Crippen LogP contribution in [0.5, 0.6) is 0 Å². The number of amides is 1. The molecule has 1 rings (SSSR count). The molecular weight excluding hydrogens is 222 g/mol. The van der Waals surface area contributed by atoms with Gasteiger partial charge < -0.3 is 5.32 Å². The molecule has 5 heteroatoms. The summed E-state index contributed by atoms with van der Waals surface area (Å²) in [6.45, 7) is 5.65. The van der Waals surface area contributed by atoms with E-state index < -0.39 is 0 Å². The summed E-state index contributed by atoms with van der Waals surface area (Å²) in [4.78, 5) is 16.7. The number of nitriles is 1. The second-order valence-corrected chi connectivity index (χ2v) is 4.79. The second-order valence-electron chi connectivity index (χ2n) is 3.59. The molecule has 1 aromatic rings. The van der Waals surface area contributed by atoms with Gasteiger partial charge in [0.15, 0.2) is 0 Å². The van der Waals surface area contributed by atoms with Crippen LogP contribution in [-0.4, -0.2) is 16.9 Å². The van der Waals surface area contributed by atoms with Gasteiger partial charge in [-0.25, -0.2) is 4.98 Å². The SMILES string of the molecule is CCC(CC#N)NC(=O)c1sc(C)nc1C. The van der Waals surface area contributed by atoms with Gasteiger partial charge in [0.2, 0.25) is 0 Å². The first-order valence-corrected chi connectivity index (χ1v) is 6.02. The Hall–Kier alpha value is -1.41. The highest BCUT2D eigenvalue weighted by atomic mass is 32.1. The number of nitrogens with one attached hydrogen (secondary N) is 1. The average Bonchev–Trinajstić information content (AvgIpc) is 2.57. The molecule has 1 amide bonds. The van der Waals surface area contributed by atoms with Crippen molar-refractivity contribution in [1.82, 2.24) is 10.3 Å². The number of nitrogens with zero attached hydrogens (tertiary/aromatic N) is 2. The Bertz CT molecular complexity index is 419. The molecule has 0 aliphatic carbocycles. The van der Waals surface area contributed by atoms with E-state index in [9.17, 15) is 4.79 Å². The van der Waals surface area contributed by atoms with E-state index in [2.05, 4.69) is 16.4 Å². The van der Waals surface area contributed by atoms with E-state index >= 15 is 0 Å². The van der Waals surface area contributed by atoms with Crippen LogP contribution < -0.4 is 5.32 Å². The number of aryl methyl sites for hydroxylation is 2. The van der Waals surface area contributed by atoms with E-state index in [1.807, 2.05) is 20.8 Å². The monoisotopic (exact) mass is 237 g/mol. The summed E-state index contributed by atoms with van der Waals surface area (Å²) in [6.07, 6.45) is 1.11. The highest BCUT2D eigenvalue weighted by molar-refractivity contribution is 7.13. The molecule has 0 bridgehead atoms. The molecule has 16 heavy (non-hydrogen) atoms. The van der Waals surface area contributed by atoms with Crippen molar-refractivity contribution in [3.63, 3.8) is 0 Å². The predicted molar refractivity (Wildman–Crippen MR) is 63.4 cm³/mol. The smallest absolute Gasteiger partial charge is 0.263 e. The van der Waals surface area contributed by atoms with E-state index in [0.29, 0.717) is 11.3 Å². The van der Waals surface area contributed by atoms with Gasteiger partial charge in [0.1, 0.15) is 4.88 Å². The Balaban J connectivity index is 2.72. The average molecular weight is 237 g/mol. The summed E-state index contributed by atoms with van der Waals surface area (Å²) >= 11 is 1.39. The van der Waals surface area contributed by atoms with Crippen LogP contribution in [0.25, 0.3) is 0 Å². The van der Waals surface area contributed by atoms with Crippen LogP contribution in [0.2, 0.25) is 0 Å². The van der Waals surface area contributed by atoms with Crippen molar-refractivity contribution in [1.29, 1.82) is 5.26 Å². The summed E-state index contributed by atoms with van der Waals surface area (Å²) in [5, 5.41) is 12.3.